The average Bonchev–Trinajstić information content (AvgIpc) is 3.05. The minimum absolute atomic E-state index is 0.0210. The predicted molar refractivity (Wildman–Crippen MR) is 103 cm³/mol. The lowest BCUT2D eigenvalue weighted by Gasteiger charge is -2.20. The van der Waals surface area contributed by atoms with Crippen molar-refractivity contribution >= 4 is 11.8 Å². The van der Waals surface area contributed by atoms with Crippen molar-refractivity contribution in [3.8, 4) is 0 Å². The summed E-state index contributed by atoms with van der Waals surface area (Å²) < 4.78 is 0. The number of carbonyl (C=O) groups excluding carboxylic acids is 2. The first-order chi connectivity index (χ1) is 12.7. The smallest absolute Gasteiger partial charge is 0.225 e. The van der Waals surface area contributed by atoms with Crippen LogP contribution in [0.15, 0.2) is 73.3 Å². The fraction of sp³-hybridized carbons (Fsp3) is 0.273. The summed E-state index contributed by atoms with van der Waals surface area (Å²) in [4.78, 5) is 26.2. The van der Waals surface area contributed by atoms with Crippen LogP contribution in [0.4, 0.5) is 0 Å². The minimum atomic E-state index is -0.283. The van der Waals surface area contributed by atoms with E-state index in [1.165, 1.54) is 0 Å². The minimum Gasteiger partial charge on any atom is -0.355 e. The number of hydrogen-bond donors (Lipinski definition) is 1. The number of benzene rings is 2. The SMILES string of the molecule is C=CCN1CC(C(=O)NCC(c2ccccc2)c2ccccc2)CC1=O. The van der Waals surface area contributed by atoms with Crippen LogP contribution >= 0.6 is 0 Å². The molecule has 1 aliphatic rings. The molecule has 1 fully saturated rings. The molecule has 2 aromatic rings. The fourth-order valence-electron chi connectivity index (χ4n) is 3.43. The summed E-state index contributed by atoms with van der Waals surface area (Å²) in [6.45, 7) is 5.14. The normalized spacial score (nSPS) is 16.7. The van der Waals surface area contributed by atoms with Crippen LogP contribution in [0.1, 0.15) is 23.5 Å². The summed E-state index contributed by atoms with van der Waals surface area (Å²) in [5.74, 6) is -0.230. The van der Waals surface area contributed by atoms with Crippen molar-refractivity contribution in [3.05, 3.63) is 84.4 Å². The summed E-state index contributed by atoms with van der Waals surface area (Å²) in [5.41, 5.74) is 2.32. The lowest BCUT2D eigenvalue weighted by molar-refractivity contribution is -0.128. The van der Waals surface area contributed by atoms with E-state index in [-0.39, 0.29) is 30.1 Å². The number of amides is 2. The Bertz CT molecular complexity index is 719. The van der Waals surface area contributed by atoms with E-state index in [1.54, 1.807) is 11.0 Å². The average molecular weight is 348 g/mol. The van der Waals surface area contributed by atoms with Crippen molar-refractivity contribution in [2.75, 3.05) is 19.6 Å². The zero-order valence-corrected chi connectivity index (χ0v) is 14.8. The second kappa shape index (κ2) is 8.48. The van der Waals surface area contributed by atoms with Gasteiger partial charge in [0.25, 0.3) is 0 Å². The van der Waals surface area contributed by atoms with E-state index in [1.807, 2.05) is 36.4 Å². The topological polar surface area (TPSA) is 49.4 Å². The highest BCUT2D eigenvalue weighted by molar-refractivity contribution is 5.89. The molecule has 4 nitrogen and oxygen atoms in total. The van der Waals surface area contributed by atoms with Gasteiger partial charge >= 0.3 is 0 Å². The van der Waals surface area contributed by atoms with Crippen LogP contribution in [-0.4, -0.2) is 36.3 Å². The Kier molecular flexibility index (Phi) is 5.84. The van der Waals surface area contributed by atoms with E-state index >= 15 is 0 Å². The van der Waals surface area contributed by atoms with Crippen molar-refractivity contribution in [1.29, 1.82) is 0 Å². The highest BCUT2D eigenvalue weighted by Gasteiger charge is 2.33. The van der Waals surface area contributed by atoms with Crippen molar-refractivity contribution in [2.45, 2.75) is 12.3 Å². The molecular formula is C22H24N2O2. The molecule has 0 radical (unpaired) electrons. The molecule has 26 heavy (non-hydrogen) atoms. The summed E-state index contributed by atoms with van der Waals surface area (Å²) in [7, 11) is 0. The largest absolute Gasteiger partial charge is 0.355 e. The maximum atomic E-state index is 12.6. The first-order valence-electron chi connectivity index (χ1n) is 8.95. The van der Waals surface area contributed by atoms with E-state index in [0.29, 0.717) is 19.6 Å². The van der Waals surface area contributed by atoms with Gasteiger partial charge in [0, 0.05) is 32.0 Å². The van der Waals surface area contributed by atoms with E-state index in [2.05, 4.69) is 36.2 Å². The van der Waals surface area contributed by atoms with Crippen molar-refractivity contribution in [1.82, 2.24) is 10.2 Å². The maximum absolute atomic E-state index is 12.6. The van der Waals surface area contributed by atoms with Gasteiger partial charge in [-0.15, -0.1) is 6.58 Å². The third-order valence-electron chi connectivity index (χ3n) is 4.82. The zero-order chi connectivity index (χ0) is 18.4. The molecule has 0 aromatic heterocycles. The van der Waals surface area contributed by atoms with Gasteiger partial charge in [-0.1, -0.05) is 66.7 Å². The van der Waals surface area contributed by atoms with Gasteiger partial charge in [0.1, 0.15) is 0 Å². The van der Waals surface area contributed by atoms with Gasteiger partial charge in [0.15, 0.2) is 0 Å². The van der Waals surface area contributed by atoms with Gasteiger partial charge in [0.05, 0.1) is 5.92 Å². The Morgan fingerprint density at radius 2 is 1.69 bits per heavy atom. The van der Waals surface area contributed by atoms with Gasteiger partial charge in [-0.05, 0) is 11.1 Å². The van der Waals surface area contributed by atoms with Gasteiger partial charge < -0.3 is 10.2 Å². The van der Waals surface area contributed by atoms with E-state index < -0.39 is 0 Å². The molecule has 0 saturated carbocycles. The number of likely N-dealkylation sites (tertiary alicyclic amines) is 1. The summed E-state index contributed by atoms with van der Waals surface area (Å²) >= 11 is 0. The Labute approximate surface area is 154 Å². The third kappa shape index (κ3) is 4.20. The van der Waals surface area contributed by atoms with Crippen LogP contribution < -0.4 is 5.32 Å². The summed E-state index contributed by atoms with van der Waals surface area (Å²) in [6.07, 6.45) is 1.97. The molecular weight excluding hydrogens is 324 g/mol. The summed E-state index contributed by atoms with van der Waals surface area (Å²) in [6, 6.07) is 20.3. The Hall–Kier alpha value is -2.88. The van der Waals surface area contributed by atoms with E-state index in [9.17, 15) is 9.59 Å². The molecule has 1 aliphatic heterocycles. The lowest BCUT2D eigenvalue weighted by Crippen LogP contribution is -2.35. The number of nitrogens with one attached hydrogen (secondary N) is 1. The molecule has 2 aromatic carbocycles. The van der Waals surface area contributed by atoms with Gasteiger partial charge in [0.2, 0.25) is 11.8 Å². The van der Waals surface area contributed by atoms with Crippen molar-refractivity contribution < 1.29 is 9.59 Å². The van der Waals surface area contributed by atoms with Crippen LogP contribution in [0.25, 0.3) is 0 Å². The zero-order valence-electron chi connectivity index (χ0n) is 14.8. The monoisotopic (exact) mass is 348 g/mol. The molecule has 3 rings (SSSR count). The van der Waals surface area contributed by atoms with Crippen molar-refractivity contribution in [2.24, 2.45) is 5.92 Å². The summed E-state index contributed by atoms with van der Waals surface area (Å²) in [5, 5.41) is 3.06. The van der Waals surface area contributed by atoms with Crippen LogP contribution in [-0.2, 0) is 9.59 Å². The van der Waals surface area contributed by atoms with Crippen LogP contribution in [0.2, 0.25) is 0 Å². The highest BCUT2D eigenvalue weighted by atomic mass is 16.2. The number of carbonyl (C=O) groups is 2. The van der Waals surface area contributed by atoms with Gasteiger partial charge in [-0.2, -0.15) is 0 Å². The van der Waals surface area contributed by atoms with Gasteiger partial charge in [-0.3, -0.25) is 9.59 Å². The number of rotatable bonds is 7. The molecule has 0 bridgehead atoms. The van der Waals surface area contributed by atoms with Gasteiger partial charge in [-0.25, -0.2) is 0 Å². The third-order valence-corrected chi connectivity index (χ3v) is 4.82. The molecule has 2 amide bonds. The lowest BCUT2D eigenvalue weighted by atomic mass is 9.91. The molecule has 1 saturated heterocycles. The molecule has 1 unspecified atom stereocenters. The standard InChI is InChI=1S/C22H24N2O2/c1-2-13-24-16-19(14-21(24)25)22(26)23-15-20(17-9-5-3-6-10-17)18-11-7-4-8-12-18/h2-12,19-20H,1,13-16H2,(H,23,26). The molecule has 1 heterocycles. The number of nitrogens with zero attached hydrogens (tertiary/aromatic N) is 1. The number of hydrogen-bond acceptors (Lipinski definition) is 2. The van der Waals surface area contributed by atoms with E-state index in [4.69, 9.17) is 0 Å². The van der Waals surface area contributed by atoms with E-state index in [0.717, 1.165) is 11.1 Å². The first-order valence-corrected chi connectivity index (χ1v) is 8.95. The molecule has 134 valence electrons. The maximum Gasteiger partial charge on any atom is 0.225 e. The molecule has 4 heteroatoms. The quantitative estimate of drug-likeness (QED) is 0.782. The van der Waals surface area contributed by atoms with Crippen LogP contribution in [0, 0.1) is 5.92 Å². The van der Waals surface area contributed by atoms with Crippen molar-refractivity contribution in [3.63, 3.8) is 0 Å². The molecule has 0 aliphatic carbocycles. The first kappa shape index (κ1) is 17.9. The highest BCUT2D eigenvalue weighted by Crippen LogP contribution is 2.24. The Morgan fingerprint density at radius 1 is 1.12 bits per heavy atom. The Balaban J connectivity index is 1.68. The second-order valence-corrected chi connectivity index (χ2v) is 6.61. The Morgan fingerprint density at radius 3 is 2.23 bits per heavy atom. The van der Waals surface area contributed by atoms with Crippen LogP contribution in [0.5, 0.6) is 0 Å². The molecule has 1 atom stereocenters. The predicted octanol–water partition coefficient (Wildman–Crippen LogP) is 2.97. The molecule has 1 N–H and O–H groups in total. The van der Waals surface area contributed by atoms with Crippen LogP contribution in [0.3, 0.4) is 0 Å². The molecule has 0 spiro atoms. The fourth-order valence-corrected chi connectivity index (χ4v) is 3.43. The second-order valence-electron chi connectivity index (χ2n) is 6.61.